The van der Waals surface area contributed by atoms with E-state index in [2.05, 4.69) is 6.92 Å². The number of hydrogen-bond donors (Lipinski definition) is 2. The highest BCUT2D eigenvalue weighted by Crippen LogP contribution is 2.44. The van der Waals surface area contributed by atoms with E-state index in [4.69, 9.17) is 4.74 Å². The number of hydrogen-bond acceptors (Lipinski definition) is 4. The van der Waals surface area contributed by atoms with Crippen LogP contribution < -0.4 is 0 Å². The van der Waals surface area contributed by atoms with Crippen LogP contribution in [0.4, 0.5) is 0 Å². The molecule has 1 aromatic carbocycles. The van der Waals surface area contributed by atoms with E-state index < -0.39 is 22.5 Å². The van der Waals surface area contributed by atoms with E-state index in [-0.39, 0.29) is 18.4 Å². The van der Waals surface area contributed by atoms with Gasteiger partial charge in [0.2, 0.25) is 0 Å². The Morgan fingerprint density at radius 1 is 1.33 bits per heavy atom. The van der Waals surface area contributed by atoms with Gasteiger partial charge in [-0.1, -0.05) is 43.5 Å². The van der Waals surface area contributed by atoms with Crippen LogP contribution in [0.3, 0.4) is 0 Å². The van der Waals surface area contributed by atoms with Crippen molar-refractivity contribution < 1.29 is 19.2 Å². The van der Waals surface area contributed by atoms with Crippen LogP contribution in [0, 0.1) is 18.8 Å². The number of aliphatic hydroxyl groups excluding tert-OH is 1. The normalized spacial score (nSPS) is 33.8. The van der Waals surface area contributed by atoms with Crippen LogP contribution in [0.5, 0.6) is 0 Å². The molecule has 1 aromatic rings. The largest absolute Gasteiger partial charge is 0.389 e. The first-order valence-electron chi connectivity index (χ1n) is 8.65. The predicted octanol–water partition coefficient (Wildman–Crippen LogP) is 2.54. The van der Waals surface area contributed by atoms with E-state index in [1.54, 1.807) is 0 Å². The first-order valence-corrected chi connectivity index (χ1v) is 9.80. The average Bonchev–Trinajstić information content (AvgIpc) is 2.96. The van der Waals surface area contributed by atoms with Gasteiger partial charge < -0.3 is 14.9 Å². The summed E-state index contributed by atoms with van der Waals surface area (Å²) < 4.78 is 18.5. The van der Waals surface area contributed by atoms with Crippen LogP contribution >= 0.6 is 0 Å². The van der Waals surface area contributed by atoms with E-state index in [9.17, 15) is 14.4 Å². The van der Waals surface area contributed by atoms with Gasteiger partial charge in [0.05, 0.1) is 30.1 Å². The number of rotatable bonds is 5. The van der Waals surface area contributed by atoms with Crippen LogP contribution in [-0.2, 0) is 15.5 Å². The number of benzene rings is 1. The standard InChI is InChI=1S/C19H26O4S/c1-3-4-5-16-17(24(22)15-8-6-13(2)7-9-15)10-14-11-23-12-19(14,21)18(16)20/h6-10,14,16,18,20-21H,3-5,11-12H2,1-2H3/t14-,16-,18+,19-,24?/m0/s1. The zero-order valence-electron chi connectivity index (χ0n) is 14.3. The first kappa shape index (κ1) is 17.8. The molecular weight excluding hydrogens is 324 g/mol. The second-order valence-corrected chi connectivity index (χ2v) is 8.44. The van der Waals surface area contributed by atoms with Crippen molar-refractivity contribution in [3.05, 3.63) is 40.8 Å². The van der Waals surface area contributed by atoms with Crippen LogP contribution in [-0.4, -0.2) is 39.3 Å². The van der Waals surface area contributed by atoms with Gasteiger partial charge in [-0.15, -0.1) is 0 Å². The minimum absolute atomic E-state index is 0.141. The lowest BCUT2D eigenvalue weighted by atomic mass is 9.73. The molecule has 1 aliphatic carbocycles. The van der Waals surface area contributed by atoms with Crippen LogP contribution in [0.2, 0.25) is 0 Å². The number of ether oxygens (including phenoxy) is 1. The Morgan fingerprint density at radius 3 is 2.71 bits per heavy atom. The second kappa shape index (κ2) is 7.08. The van der Waals surface area contributed by atoms with Crippen molar-refractivity contribution in [3.63, 3.8) is 0 Å². The molecule has 1 unspecified atom stereocenters. The molecule has 5 atom stereocenters. The lowest BCUT2D eigenvalue weighted by molar-refractivity contribution is -0.114. The van der Waals surface area contributed by atoms with Crippen LogP contribution in [0.1, 0.15) is 31.7 Å². The molecule has 2 aliphatic rings. The fourth-order valence-electron chi connectivity index (χ4n) is 3.65. The third kappa shape index (κ3) is 3.10. The molecule has 0 spiro atoms. The van der Waals surface area contributed by atoms with Gasteiger partial charge in [0.1, 0.15) is 5.60 Å². The maximum absolute atomic E-state index is 13.1. The van der Waals surface area contributed by atoms with Gasteiger partial charge in [-0.25, -0.2) is 4.21 Å². The zero-order chi connectivity index (χ0) is 17.3. The molecule has 5 heteroatoms. The summed E-state index contributed by atoms with van der Waals surface area (Å²) in [6.07, 6.45) is 3.59. The third-order valence-corrected chi connectivity index (χ3v) is 6.78. The Morgan fingerprint density at radius 2 is 2.04 bits per heavy atom. The first-order chi connectivity index (χ1) is 11.5. The summed E-state index contributed by atoms with van der Waals surface area (Å²) in [6.45, 7) is 4.59. The molecule has 4 nitrogen and oxygen atoms in total. The number of aryl methyl sites for hydroxylation is 1. The maximum Gasteiger partial charge on any atom is 0.123 e. The predicted molar refractivity (Wildman–Crippen MR) is 94.0 cm³/mol. The minimum atomic E-state index is -1.33. The molecule has 1 saturated heterocycles. The van der Waals surface area contributed by atoms with Crippen molar-refractivity contribution in [3.8, 4) is 0 Å². The van der Waals surface area contributed by atoms with Gasteiger partial charge in [0.25, 0.3) is 0 Å². The lowest BCUT2D eigenvalue weighted by Crippen LogP contribution is -2.54. The maximum atomic E-state index is 13.1. The van der Waals surface area contributed by atoms with E-state index in [1.807, 2.05) is 37.3 Å². The molecule has 3 rings (SSSR count). The van der Waals surface area contributed by atoms with E-state index in [0.29, 0.717) is 6.61 Å². The Kier molecular flexibility index (Phi) is 5.25. The van der Waals surface area contributed by atoms with E-state index in [0.717, 1.165) is 34.6 Å². The molecule has 2 N–H and O–H groups in total. The van der Waals surface area contributed by atoms with Crippen LogP contribution in [0.25, 0.3) is 0 Å². The topological polar surface area (TPSA) is 66.8 Å². The highest BCUT2D eigenvalue weighted by molar-refractivity contribution is 7.89. The highest BCUT2D eigenvalue weighted by Gasteiger charge is 2.54. The molecule has 24 heavy (non-hydrogen) atoms. The summed E-state index contributed by atoms with van der Waals surface area (Å²) >= 11 is 0. The quantitative estimate of drug-likeness (QED) is 0.856. The number of unbranched alkanes of at least 4 members (excludes halogenated alkanes) is 1. The van der Waals surface area contributed by atoms with Crippen molar-refractivity contribution >= 4 is 10.8 Å². The SMILES string of the molecule is CCCC[C@H]1C(S(=O)c2ccc(C)cc2)=C[C@H]2COC[C@@]2(O)[C@@H]1O. The smallest absolute Gasteiger partial charge is 0.123 e. The summed E-state index contributed by atoms with van der Waals surface area (Å²) in [5, 5.41) is 21.7. The average molecular weight is 350 g/mol. The Balaban J connectivity index is 1.96. The molecule has 0 amide bonds. The summed E-state index contributed by atoms with van der Waals surface area (Å²) in [5.41, 5.74) is -0.131. The minimum Gasteiger partial charge on any atom is -0.389 e. The van der Waals surface area contributed by atoms with Crippen molar-refractivity contribution in [2.45, 2.75) is 49.7 Å². The van der Waals surface area contributed by atoms with Crippen LogP contribution in [0.15, 0.2) is 40.1 Å². The molecule has 0 aromatic heterocycles. The molecular formula is C19H26O4S. The van der Waals surface area contributed by atoms with E-state index >= 15 is 0 Å². The fraction of sp³-hybridized carbons (Fsp3) is 0.579. The Bertz CT molecular complexity index is 639. The third-order valence-electron chi connectivity index (χ3n) is 5.21. The Labute approximate surface area is 146 Å². The molecule has 1 aliphatic heterocycles. The van der Waals surface area contributed by atoms with Gasteiger partial charge in [0.15, 0.2) is 0 Å². The zero-order valence-corrected chi connectivity index (χ0v) is 15.1. The summed E-state index contributed by atoms with van der Waals surface area (Å²) in [4.78, 5) is 1.48. The summed E-state index contributed by atoms with van der Waals surface area (Å²) in [7, 11) is -1.33. The number of aliphatic hydroxyl groups is 2. The fourth-order valence-corrected chi connectivity index (χ4v) is 5.11. The Hall–Kier alpha value is -1.01. The van der Waals surface area contributed by atoms with Gasteiger partial charge in [0, 0.05) is 21.6 Å². The highest BCUT2D eigenvalue weighted by atomic mass is 32.2. The van der Waals surface area contributed by atoms with E-state index in [1.165, 1.54) is 0 Å². The monoisotopic (exact) mass is 350 g/mol. The molecule has 0 radical (unpaired) electrons. The van der Waals surface area contributed by atoms with Crippen molar-refractivity contribution in [1.82, 2.24) is 0 Å². The van der Waals surface area contributed by atoms with Gasteiger partial charge >= 0.3 is 0 Å². The van der Waals surface area contributed by atoms with Gasteiger partial charge in [-0.05, 0) is 25.5 Å². The molecule has 1 heterocycles. The molecule has 132 valence electrons. The number of fused-ring (bicyclic) bond motifs is 1. The van der Waals surface area contributed by atoms with Gasteiger partial charge in [-0.2, -0.15) is 0 Å². The summed E-state index contributed by atoms with van der Waals surface area (Å²) in [5.74, 6) is -0.593. The van der Waals surface area contributed by atoms with Crippen molar-refractivity contribution in [2.75, 3.05) is 13.2 Å². The molecule has 0 bridgehead atoms. The molecule has 1 fully saturated rings. The molecule has 0 saturated carbocycles. The van der Waals surface area contributed by atoms with Crippen molar-refractivity contribution in [1.29, 1.82) is 0 Å². The summed E-state index contributed by atoms with van der Waals surface area (Å²) in [6, 6.07) is 7.65. The van der Waals surface area contributed by atoms with Crippen molar-refractivity contribution in [2.24, 2.45) is 11.8 Å². The van der Waals surface area contributed by atoms with Gasteiger partial charge in [-0.3, -0.25) is 0 Å². The lowest BCUT2D eigenvalue weighted by Gasteiger charge is -2.41. The second-order valence-electron chi connectivity index (χ2n) is 6.96.